The van der Waals surface area contributed by atoms with Crippen molar-refractivity contribution in [3.05, 3.63) is 71.3 Å². The SMILES string of the molecule is N#Cc1cccc(CNC(=O)[C@H](N)c2ccccc2)c1. The second kappa shape index (κ2) is 6.50. The second-order valence-electron chi connectivity index (χ2n) is 4.42. The van der Waals surface area contributed by atoms with Crippen LogP contribution >= 0.6 is 0 Å². The first-order valence-corrected chi connectivity index (χ1v) is 6.28. The molecule has 0 saturated carbocycles. The molecule has 20 heavy (non-hydrogen) atoms. The molecule has 0 bridgehead atoms. The molecule has 0 saturated heterocycles. The van der Waals surface area contributed by atoms with Crippen LogP contribution in [-0.2, 0) is 11.3 Å². The lowest BCUT2D eigenvalue weighted by atomic mass is 10.1. The summed E-state index contributed by atoms with van der Waals surface area (Å²) in [7, 11) is 0. The Morgan fingerprint density at radius 3 is 2.65 bits per heavy atom. The fourth-order valence-corrected chi connectivity index (χ4v) is 1.86. The van der Waals surface area contributed by atoms with E-state index in [1.54, 1.807) is 18.2 Å². The summed E-state index contributed by atoms with van der Waals surface area (Å²) in [6, 6.07) is 17.7. The van der Waals surface area contributed by atoms with Crippen molar-refractivity contribution in [3.63, 3.8) is 0 Å². The average molecular weight is 265 g/mol. The monoisotopic (exact) mass is 265 g/mol. The van der Waals surface area contributed by atoms with Crippen molar-refractivity contribution >= 4 is 5.91 Å². The largest absolute Gasteiger partial charge is 0.350 e. The predicted octanol–water partition coefficient (Wildman–Crippen LogP) is 1.87. The Bertz CT molecular complexity index is 632. The quantitative estimate of drug-likeness (QED) is 0.885. The minimum absolute atomic E-state index is 0.237. The molecule has 2 rings (SSSR count). The zero-order valence-electron chi connectivity index (χ0n) is 10.9. The van der Waals surface area contributed by atoms with Crippen LogP contribution in [0.2, 0.25) is 0 Å². The van der Waals surface area contributed by atoms with Crippen molar-refractivity contribution in [2.24, 2.45) is 5.73 Å². The van der Waals surface area contributed by atoms with Gasteiger partial charge in [-0.25, -0.2) is 0 Å². The second-order valence-corrected chi connectivity index (χ2v) is 4.42. The Balaban J connectivity index is 1.97. The van der Waals surface area contributed by atoms with Crippen LogP contribution in [0.25, 0.3) is 0 Å². The van der Waals surface area contributed by atoms with Crippen LogP contribution in [0.3, 0.4) is 0 Å². The van der Waals surface area contributed by atoms with Gasteiger partial charge in [0.05, 0.1) is 11.6 Å². The summed E-state index contributed by atoms with van der Waals surface area (Å²) in [4.78, 5) is 12.0. The van der Waals surface area contributed by atoms with Gasteiger partial charge in [-0.3, -0.25) is 4.79 Å². The van der Waals surface area contributed by atoms with E-state index in [2.05, 4.69) is 11.4 Å². The van der Waals surface area contributed by atoms with Crippen LogP contribution in [0.1, 0.15) is 22.7 Å². The maximum atomic E-state index is 12.0. The number of nitriles is 1. The molecule has 0 heterocycles. The van der Waals surface area contributed by atoms with E-state index in [0.29, 0.717) is 12.1 Å². The Morgan fingerprint density at radius 2 is 1.95 bits per heavy atom. The molecule has 0 aliphatic carbocycles. The highest BCUT2D eigenvalue weighted by Crippen LogP contribution is 2.10. The summed E-state index contributed by atoms with van der Waals surface area (Å²) >= 11 is 0. The van der Waals surface area contributed by atoms with Gasteiger partial charge in [-0.05, 0) is 23.3 Å². The molecule has 0 radical (unpaired) electrons. The summed E-state index contributed by atoms with van der Waals surface area (Å²) < 4.78 is 0. The number of carbonyl (C=O) groups is 1. The number of benzene rings is 2. The minimum Gasteiger partial charge on any atom is -0.350 e. The van der Waals surface area contributed by atoms with Gasteiger partial charge in [-0.2, -0.15) is 5.26 Å². The van der Waals surface area contributed by atoms with E-state index in [4.69, 9.17) is 11.0 Å². The number of nitrogens with zero attached hydrogens (tertiary/aromatic N) is 1. The van der Waals surface area contributed by atoms with Crippen LogP contribution in [0.15, 0.2) is 54.6 Å². The first-order chi connectivity index (χ1) is 9.70. The molecule has 4 heteroatoms. The molecule has 0 aliphatic rings. The molecule has 1 amide bonds. The standard InChI is InChI=1S/C16H15N3O/c17-10-12-5-4-6-13(9-12)11-19-16(20)15(18)14-7-2-1-3-8-14/h1-9,15H,11,18H2,(H,19,20)/t15-/m1/s1. The van der Waals surface area contributed by atoms with Gasteiger partial charge in [0.15, 0.2) is 0 Å². The van der Waals surface area contributed by atoms with Crippen molar-refractivity contribution in [1.82, 2.24) is 5.32 Å². The van der Waals surface area contributed by atoms with Gasteiger partial charge in [-0.15, -0.1) is 0 Å². The number of amides is 1. The van der Waals surface area contributed by atoms with E-state index in [0.717, 1.165) is 11.1 Å². The van der Waals surface area contributed by atoms with Crippen molar-refractivity contribution in [2.75, 3.05) is 0 Å². The zero-order chi connectivity index (χ0) is 14.4. The van der Waals surface area contributed by atoms with Crippen LogP contribution in [0.4, 0.5) is 0 Å². The maximum absolute atomic E-state index is 12.0. The lowest BCUT2D eigenvalue weighted by Crippen LogP contribution is -2.33. The molecule has 100 valence electrons. The Labute approximate surface area is 117 Å². The van der Waals surface area contributed by atoms with E-state index in [1.807, 2.05) is 36.4 Å². The third-order valence-corrected chi connectivity index (χ3v) is 2.96. The van der Waals surface area contributed by atoms with Crippen LogP contribution in [0.5, 0.6) is 0 Å². The van der Waals surface area contributed by atoms with Gasteiger partial charge >= 0.3 is 0 Å². The van der Waals surface area contributed by atoms with Gasteiger partial charge in [0, 0.05) is 6.54 Å². The number of hydrogen-bond donors (Lipinski definition) is 2. The highest BCUT2D eigenvalue weighted by molar-refractivity contribution is 5.82. The molecule has 2 aromatic rings. The third kappa shape index (κ3) is 3.44. The van der Waals surface area contributed by atoms with Gasteiger partial charge in [0.1, 0.15) is 6.04 Å². The molecule has 0 aromatic heterocycles. The minimum atomic E-state index is -0.685. The molecule has 2 aromatic carbocycles. The molecule has 1 atom stereocenters. The fraction of sp³-hybridized carbons (Fsp3) is 0.125. The van der Waals surface area contributed by atoms with E-state index >= 15 is 0 Å². The summed E-state index contributed by atoms with van der Waals surface area (Å²) in [6.07, 6.45) is 0. The van der Waals surface area contributed by atoms with Crippen LogP contribution in [0, 0.1) is 11.3 Å². The van der Waals surface area contributed by atoms with Crippen molar-refractivity contribution in [3.8, 4) is 6.07 Å². The van der Waals surface area contributed by atoms with Crippen molar-refractivity contribution < 1.29 is 4.79 Å². The van der Waals surface area contributed by atoms with E-state index in [-0.39, 0.29) is 5.91 Å². The fourth-order valence-electron chi connectivity index (χ4n) is 1.86. The van der Waals surface area contributed by atoms with Gasteiger partial charge in [0.25, 0.3) is 0 Å². The van der Waals surface area contributed by atoms with E-state index < -0.39 is 6.04 Å². The summed E-state index contributed by atoms with van der Waals surface area (Å²) in [6.45, 7) is 0.356. The Morgan fingerprint density at radius 1 is 1.20 bits per heavy atom. The first-order valence-electron chi connectivity index (χ1n) is 6.28. The topological polar surface area (TPSA) is 78.9 Å². The van der Waals surface area contributed by atoms with Crippen molar-refractivity contribution in [2.45, 2.75) is 12.6 Å². The first kappa shape index (κ1) is 13.8. The molecule has 0 fully saturated rings. The lowest BCUT2D eigenvalue weighted by Gasteiger charge is -2.12. The highest BCUT2D eigenvalue weighted by atomic mass is 16.2. The van der Waals surface area contributed by atoms with Crippen LogP contribution in [-0.4, -0.2) is 5.91 Å². The zero-order valence-corrected chi connectivity index (χ0v) is 10.9. The van der Waals surface area contributed by atoms with E-state index in [1.165, 1.54) is 0 Å². The third-order valence-electron chi connectivity index (χ3n) is 2.96. The number of carbonyl (C=O) groups excluding carboxylic acids is 1. The summed E-state index contributed by atoms with van der Waals surface area (Å²) in [5.41, 5.74) is 8.11. The van der Waals surface area contributed by atoms with Gasteiger partial charge < -0.3 is 11.1 Å². The Kier molecular flexibility index (Phi) is 4.48. The molecule has 0 aliphatic heterocycles. The lowest BCUT2D eigenvalue weighted by molar-refractivity contribution is -0.122. The highest BCUT2D eigenvalue weighted by Gasteiger charge is 2.14. The van der Waals surface area contributed by atoms with Gasteiger partial charge in [-0.1, -0.05) is 42.5 Å². The summed E-state index contributed by atoms with van der Waals surface area (Å²) in [5, 5.41) is 11.6. The maximum Gasteiger partial charge on any atom is 0.241 e. The Hall–Kier alpha value is -2.64. The van der Waals surface area contributed by atoms with Gasteiger partial charge in [0.2, 0.25) is 5.91 Å². The number of hydrogen-bond acceptors (Lipinski definition) is 3. The molecular weight excluding hydrogens is 250 g/mol. The van der Waals surface area contributed by atoms with Crippen molar-refractivity contribution in [1.29, 1.82) is 5.26 Å². The molecule has 4 nitrogen and oxygen atoms in total. The molecule has 3 N–H and O–H groups in total. The molecular formula is C16H15N3O. The smallest absolute Gasteiger partial charge is 0.241 e. The van der Waals surface area contributed by atoms with Crippen LogP contribution < -0.4 is 11.1 Å². The van der Waals surface area contributed by atoms with E-state index in [9.17, 15) is 4.79 Å². The number of nitrogens with one attached hydrogen (secondary N) is 1. The molecule has 0 spiro atoms. The summed E-state index contributed by atoms with van der Waals surface area (Å²) in [5.74, 6) is -0.237. The average Bonchev–Trinajstić information content (AvgIpc) is 2.53. The molecule has 0 unspecified atom stereocenters. The number of nitrogens with two attached hydrogens (primary N) is 1. The number of rotatable bonds is 4. The predicted molar refractivity (Wildman–Crippen MR) is 76.4 cm³/mol. The normalized spacial score (nSPS) is 11.4.